The minimum atomic E-state index is -0.724. The third kappa shape index (κ3) is 8.74. The Labute approximate surface area is 385 Å². The van der Waals surface area contributed by atoms with Crippen LogP contribution in [0.15, 0.2) is 46.0 Å². The second kappa shape index (κ2) is 19.7. The number of amides is 4. The average Bonchev–Trinajstić information content (AvgIpc) is 4.23. The number of likely N-dealkylation sites (tertiary alicyclic amines) is 2. The maximum absolute atomic E-state index is 13.8. The maximum atomic E-state index is 13.8. The average molecular weight is 911 g/mol. The normalized spacial score (nSPS) is 29.3. The van der Waals surface area contributed by atoms with Crippen LogP contribution in [-0.4, -0.2) is 118 Å². The molecule has 2 saturated carbocycles. The number of nitrogens with one attached hydrogen (secondary N) is 2. The van der Waals surface area contributed by atoms with E-state index in [0.29, 0.717) is 101 Å². The standard InChI is InChI=1S/2C25H33N3O5/c2*1-2-3-16-6-7-20-21-18(13-27(20)24(16)31)19(14-29)22(23(30)26-12-15-4-5-15)28(21)25(32)17-8-10-33-11-9-17/h2*2-3,6-7,15,17-19,21-22,29H,4-5,8-14H2,1H3,(H,26,30)/b3-2+;3-2-/t2*18-,19-,21+,22-/m00/s1. The molecule has 4 saturated heterocycles. The Balaban J connectivity index is 0.000000166. The minimum Gasteiger partial charge on any atom is -0.396 e. The molecular formula is C50H66N6O10. The zero-order valence-corrected chi connectivity index (χ0v) is 38.2. The van der Waals surface area contributed by atoms with Crippen LogP contribution in [0.5, 0.6) is 0 Å². The van der Waals surface area contributed by atoms with Crippen LogP contribution in [0.3, 0.4) is 0 Å². The highest BCUT2D eigenvalue weighted by molar-refractivity contribution is 5.91. The van der Waals surface area contributed by atoms with E-state index in [1.807, 2.05) is 38.1 Å². The number of carbonyl (C=O) groups excluding carboxylic acids is 4. The van der Waals surface area contributed by atoms with Crippen molar-refractivity contribution in [3.05, 3.63) is 79.6 Å². The van der Waals surface area contributed by atoms with Crippen molar-refractivity contribution in [1.29, 1.82) is 0 Å². The fourth-order valence-electron chi connectivity index (χ4n) is 11.8. The van der Waals surface area contributed by atoms with Gasteiger partial charge in [0.15, 0.2) is 0 Å². The van der Waals surface area contributed by atoms with Gasteiger partial charge in [-0.05, 0) is 101 Å². The van der Waals surface area contributed by atoms with Gasteiger partial charge in [0, 0.05) is 124 Å². The number of hydrogen-bond acceptors (Lipinski definition) is 10. The number of fused-ring (bicyclic) bond motifs is 6. The Bertz CT molecular complexity index is 2180. The number of aliphatic hydroxyl groups is 2. The van der Waals surface area contributed by atoms with Crippen LogP contribution in [-0.2, 0) is 41.7 Å². The summed E-state index contributed by atoms with van der Waals surface area (Å²) in [6.45, 7) is 7.49. The van der Waals surface area contributed by atoms with Crippen LogP contribution in [0.4, 0.5) is 0 Å². The summed E-state index contributed by atoms with van der Waals surface area (Å²) in [5, 5.41) is 26.9. The monoisotopic (exact) mass is 910 g/mol. The van der Waals surface area contributed by atoms with E-state index in [1.54, 1.807) is 43.2 Å². The summed E-state index contributed by atoms with van der Waals surface area (Å²) in [5.41, 5.74) is 2.53. The summed E-state index contributed by atoms with van der Waals surface area (Å²) >= 11 is 0. The first kappa shape index (κ1) is 46.2. The molecule has 8 aliphatic rings. The predicted octanol–water partition coefficient (Wildman–Crippen LogP) is 2.65. The molecule has 6 aliphatic heterocycles. The van der Waals surface area contributed by atoms with Gasteiger partial charge in [-0.3, -0.25) is 28.8 Å². The fraction of sp³-hybridized carbons (Fsp3) is 0.640. The molecule has 16 heteroatoms. The molecule has 6 fully saturated rings. The van der Waals surface area contributed by atoms with Gasteiger partial charge in [0.25, 0.3) is 11.1 Å². The highest BCUT2D eigenvalue weighted by atomic mass is 16.5. The summed E-state index contributed by atoms with van der Waals surface area (Å²) in [6.07, 6.45) is 14.2. The van der Waals surface area contributed by atoms with Gasteiger partial charge >= 0.3 is 0 Å². The summed E-state index contributed by atoms with van der Waals surface area (Å²) in [5.74, 6) is -1.05. The van der Waals surface area contributed by atoms with Crippen molar-refractivity contribution in [2.45, 2.75) is 102 Å². The first-order valence-electron chi connectivity index (χ1n) is 24.4. The quantitative estimate of drug-likeness (QED) is 0.246. The Morgan fingerprint density at radius 1 is 0.606 bits per heavy atom. The Morgan fingerprint density at radius 3 is 1.32 bits per heavy atom. The molecule has 16 nitrogen and oxygen atoms in total. The van der Waals surface area contributed by atoms with Crippen molar-refractivity contribution in [1.82, 2.24) is 29.6 Å². The molecule has 0 spiro atoms. The molecule has 8 atom stereocenters. The van der Waals surface area contributed by atoms with E-state index in [0.717, 1.165) is 37.1 Å². The fourth-order valence-corrected chi connectivity index (χ4v) is 11.8. The summed E-state index contributed by atoms with van der Waals surface area (Å²) in [4.78, 5) is 84.1. The van der Waals surface area contributed by atoms with E-state index in [4.69, 9.17) is 9.47 Å². The lowest BCUT2D eigenvalue weighted by atomic mass is 9.88. The van der Waals surface area contributed by atoms with Crippen molar-refractivity contribution < 1.29 is 38.9 Å². The molecule has 10 rings (SSSR count). The van der Waals surface area contributed by atoms with Crippen LogP contribution in [0.2, 0.25) is 0 Å². The number of allylic oxidation sites excluding steroid dienone is 2. The smallest absolute Gasteiger partial charge is 0.258 e. The zero-order valence-electron chi connectivity index (χ0n) is 38.2. The molecule has 4 amide bonds. The van der Waals surface area contributed by atoms with Gasteiger partial charge in [0.1, 0.15) is 12.1 Å². The van der Waals surface area contributed by atoms with Gasteiger partial charge in [-0.25, -0.2) is 0 Å². The summed E-state index contributed by atoms with van der Waals surface area (Å²) in [7, 11) is 0. The molecule has 0 radical (unpaired) electrons. The molecule has 0 aromatic carbocycles. The van der Waals surface area contributed by atoms with E-state index in [1.165, 1.54) is 0 Å². The first-order valence-corrected chi connectivity index (χ1v) is 24.4. The number of rotatable bonds is 12. The Hall–Kier alpha value is -4.90. The molecule has 2 aromatic heterocycles. The number of aliphatic hydroxyl groups excluding tert-OH is 2. The topological polar surface area (TPSA) is 202 Å². The molecular weight excluding hydrogens is 845 g/mol. The lowest BCUT2D eigenvalue weighted by molar-refractivity contribution is -0.147. The second-order valence-corrected chi connectivity index (χ2v) is 19.7. The third-order valence-corrected chi connectivity index (χ3v) is 15.6. The van der Waals surface area contributed by atoms with Crippen molar-refractivity contribution >= 4 is 35.8 Å². The van der Waals surface area contributed by atoms with Crippen LogP contribution in [0.25, 0.3) is 12.2 Å². The number of nitrogens with zero attached hydrogens (tertiary/aromatic N) is 4. The van der Waals surface area contributed by atoms with Gasteiger partial charge in [-0.15, -0.1) is 0 Å². The maximum Gasteiger partial charge on any atom is 0.258 e. The Kier molecular flexibility index (Phi) is 13.8. The lowest BCUT2D eigenvalue weighted by Crippen LogP contribution is -2.52. The molecule has 2 aliphatic carbocycles. The minimum absolute atomic E-state index is 0.0609. The van der Waals surface area contributed by atoms with Gasteiger partial charge < -0.3 is 49.3 Å². The van der Waals surface area contributed by atoms with E-state index < -0.39 is 23.9 Å². The molecule has 0 unspecified atom stereocenters. The molecule has 0 bridgehead atoms. The lowest BCUT2D eigenvalue weighted by Gasteiger charge is -2.34. The number of hydrogen-bond donors (Lipinski definition) is 4. The van der Waals surface area contributed by atoms with Crippen molar-refractivity contribution in [2.24, 2.45) is 47.3 Å². The SMILES string of the molecule is C/C=C/c1ccc2n(c1=O)C[C@H]1[C@H](CO)[C@@H](C(=O)NCC3CC3)N(C(=O)C3CCOCC3)[C@@H]21.C/C=C\c1ccc2n(c1=O)C[C@H]1[C@H](CO)[C@@H](C(=O)NCC3CC3)N(C(=O)C3CCOCC3)[C@@H]21. The largest absolute Gasteiger partial charge is 0.396 e. The van der Waals surface area contributed by atoms with Gasteiger partial charge in [-0.2, -0.15) is 0 Å². The van der Waals surface area contributed by atoms with Crippen LogP contribution < -0.4 is 21.8 Å². The van der Waals surface area contributed by atoms with E-state index in [2.05, 4.69) is 10.6 Å². The third-order valence-electron chi connectivity index (χ3n) is 15.6. The van der Waals surface area contributed by atoms with Crippen molar-refractivity contribution in [3.63, 3.8) is 0 Å². The number of carbonyl (C=O) groups is 4. The molecule has 4 N–H and O–H groups in total. The van der Waals surface area contributed by atoms with Gasteiger partial charge in [0.05, 0.1) is 12.1 Å². The number of aromatic nitrogens is 2. The van der Waals surface area contributed by atoms with E-state index in [-0.39, 0.29) is 83.7 Å². The van der Waals surface area contributed by atoms with Crippen LogP contribution in [0, 0.1) is 47.3 Å². The highest BCUT2D eigenvalue weighted by Crippen LogP contribution is 2.52. The number of pyridine rings is 2. The van der Waals surface area contributed by atoms with Crippen LogP contribution >= 0.6 is 0 Å². The van der Waals surface area contributed by atoms with Crippen molar-refractivity contribution in [2.75, 3.05) is 52.7 Å². The van der Waals surface area contributed by atoms with E-state index >= 15 is 0 Å². The molecule has 356 valence electrons. The molecule has 66 heavy (non-hydrogen) atoms. The highest BCUT2D eigenvalue weighted by Gasteiger charge is 2.59. The Morgan fingerprint density at radius 2 is 0.985 bits per heavy atom. The van der Waals surface area contributed by atoms with Crippen LogP contribution in [0.1, 0.15) is 99.8 Å². The van der Waals surface area contributed by atoms with Crippen molar-refractivity contribution in [3.8, 4) is 0 Å². The van der Waals surface area contributed by atoms with Gasteiger partial charge in [-0.1, -0.05) is 24.3 Å². The predicted molar refractivity (Wildman–Crippen MR) is 244 cm³/mol. The zero-order chi connectivity index (χ0) is 46.2. The number of ether oxygens (including phenoxy) is 2. The molecule has 8 heterocycles. The summed E-state index contributed by atoms with van der Waals surface area (Å²) < 4.78 is 14.4. The molecule has 2 aromatic rings. The van der Waals surface area contributed by atoms with E-state index in [9.17, 15) is 39.0 Å². The summed E-state index contributed by atoms with van der Waals surface area (Å²) in [6, 6.07) is 5.18. The van der Waals surface area contributed by atoms with Gasteiger partial charge in [0.2, 0.25) is 23.6 Å². The second-order valence-electron chi connectivity index (χ2n) is 19.7. The first-order chi connectivity index (χ1) is 32.1.